The zero-order chi connectivity index (χ0) is 11.1. The van der Waals surface area contributed by atoms with Gasteiger partial charge in [-0.1, -0.05) is 13.8 Å². The Morgan fingerprint density at radius 3 is 2.20 bits per heavy atom. The lowest BCUT2D eigenvalue weighted by Gasteiger charge is -2.27. The number of hydrogen-bond acceptors (Lipinski definition) is 4. The predicted molar refractivity (Wildman–Crippen MR) is 63.2 cm³/mol. The molecule has 1 aromatic heterocycles. The normalized spacial score (nSPS) is 15.5. The van der Waals surface area contributed by atoms with Crippen LogP contribution in [0.1, 0.15) is 19.4 Å². The van der Waals surface area contributed by atoms with Gasteiger partial charge in [-0.3, -0.25) is 0 Å². The van der Waals surface area contributed by atoms with Gasteiger partial charge in [-0.05, 0) is 12.5 Å². The Hall–Kier alpha value is -1.16. The Bertz CT molecular complexity index is 264. The molecule has 1 aliphatic heterocycles. The fraction of sp³-hybridized carbons (Fsp3) is 0.636. The van der Waals surface area contributed by atoms with Crippen molar-refractivity contribution < 1.29 is 0 Å². The van der Waals surface area contributed by atoms with Crippen LogP contribution in [0.25, 0.3) is 0 Å². The average Bonchev–Trinajstić information content (AvgIpc) is 2.34. The van der Waals surface area contributed by atoms with Crippen LogP contribution in [0.4, 0.5) is 5.95 Å². The second-order valence-electron chi connectivity index (χ2n) is 3.30. The molecule has 1 fully saturated rings. The lowest BCUT2D eigenvalue weighted by Crippen LogP contribution is -2.44. The van der Waals surface area contributed by atoms with Crippen molar-refractivity contribution in [3.63, 3.8) is 0 Å². The van der Waals surface area contributed by atoms with Crippen molar-refractivity contribution in [1.29, 1.82) is 0 Å². The van der Waals surface area contributed by atoms with Crippen LogP contribution in [0, 0.1) is 6.92 Å². The molecule has 1 N–H and O–H groups in total. The van der Waals surface area contributed by atoms with Crippen molar-refractivity contribution >= 4 is 5.95 Å². The third-order valence-electron chi connectivity index (χ3n) is 2.17. The zero-order valence-corrected chi connectivity index (χ0v) is 9.82. The molecule has 0 spiro atoms. The molecule has 1 saturated heterocycles. The first kappa shape index (κ1) is 11.9. The van der Waals surface area contributed by atoms with Crippen LogP contribution in [-0.2, 0) is 0 Å². The maximum absolute atomic E-state index is 4.29. The molecule has 4 heteroatoms. The summed E-state index contributed by atoms with van der Waals surface area (Å²) in [6.07, 6.45) is 3.73. The molecule has 0 unspecified atom stereocenters. The Balaban J connectivity index is 0.000000531. The van der Waals surface area contributed by atoms with Gasteiger partial charge >= 0.3 is 0 Å². The van der Waals surface area contributed by atoms with Crippen LogP contribution in [-0.4, -0.2) is 36.1 Å². The predicted octanol–water partition coefficient (Wildman–Crippen LogP) is 1.22. The lowest BCUT2D eigenvalue weighted by atomic mass is 10.4. The molecule has 1 aromatic rings. The minimum atomic E-state index is 0.854. The molecular formula is C11H20N4. The quantitative estimate of drug-likeness (QED) is 0.753. The van der Waals surface area contributed by atoms with Gasteiger partial charge in [-0.2, -0.15) is 0 Å². The number of anilines is 1. The van der Waals surface area contributed by atoms with E-state index >= 15 is 0 Å². The van der Waals surface area contributed by atoms with Gasteiger partial charge in [0.1, 0.15) is 0 Å². The van der Waals surface area contributed by atoms with Crippen LogP contribution in [0.3, 0.4) is 0 Å². The number of piperazine rings is 1. The van der Waals surface area contributed by atoms with Gasteiger partial charge < -0.3 is 10.2 Å². The molecule has 1 aliphatic rings. The highest BCUT2D eigenvalue weighted by atomic mass is 15.3. The number of nitrogens with one attached hydrogen (secondary N) is 1. The fourth-order valence-electron chi connectivity index (χ4n) is 1.41. The standard InChI is InChI=1S/C9H14N4.C2H6/c1-8-6-11-9(12-7-8)13-4-2-10-3-5-13;1-2/h6-7,10H,2-5H2,1H3;1-2H3. The molecule has 0 atom stereocenters. The van der Waals surface area contributed by atoms with Crippen molar-refractivity contribution in [3.05, 3.63) is 18.0 Å². The summed E-state index contributed by atoms with van der Waals surface area (Å²) in [6, 6.07) is 0. The summed E-state index contributed by atoms with van der Waals surface area (Å²) < 4.78 is 0. The number of rotatable bonds is 1. The highest BCUT2D eigenvalue weighted by Crippen LogP contribution is 2.06. The second kappa shape index (κ2) is 6.35. The van der Waals surface area contributed by atoms with Crippen LogP contribution in [0.15, 0.2) is 12.4 Å². The summed E-state index contributed by atoms with van der Waals surface area (Å²) >= 11 is 0. The van der Waals surface area contributed by atoms with Crippen LogP contribution < -0.4 is 10.2 Å². The van der Waals surface area contributed by atoms with E-state index in [0.717, 1.165) is 37.7 Å². The van der Waals surface area contributed by atoms with Crippen molar-refractivity contribution in [3.8, 4) is 0 Å². The summed E-state index contributed by atoms with van der Waals surface area (Å²) in [5, 5.41) is 3.30. The summed E-state index contributed by atoms with van der Waals surface area (Å²) in [6.45, 7) is 10.1. The maximum Gasteiger partial charge on any atom is 0.225 e. The molecule has 0 amide bonds. The second-order valence-corrected chi connectivity index (χ2v) is 3.30. The first-order chi connectivity index (χ1) is 7.36. The fourth-order valence-corrected chi connectivity index (χ4v) is 1.41. The van der Waals surface area contributed by atoms with E-state index in [1.165, 1.54) is 0 Å². The van der Waals surface area contributed by atoms with Gasteiger partial charge in [0.25, 0.3) is 0 Å². The molecule has 2 heterocycles. The monoisotopic (exact) mass is 208 g/mol. The van der Waals surface area contributed by atoms with Gasteiger partial charge in [0.15, 0.2) is 0 Å². The average molecular weight is 208 g/mol. The van der Waals surface area contributed by atoms with E-state index in [1.54, 1.807) is 0 Å². The molecule has 0 aromatic carbocycles. The molecule has 0 bridgehead atoms. The number of hydrogen-bond donors (Lipinski definition) is 1. The number of nitrogens with zero attached hydrogens (tertiary/aromatic N) is 3. The highest BCUT2D eigenvalue weighted by Gasteiger charge is 2.11. The van der Waals surface area contributed by atoms with Crippen molar-refractivity contribution in [2.45, 2.75) is 20.8 Å². The van der Waals surface area contributed by atoms with Crippen LogP contribution in [0.2, 0.25) is 0 Å². The van der Waals surface area contributed by atoms with E-state index in [1.807, 2.05) is 33.2 Å². The van der Waals surface area contributed by atoms with Gasteiger partial charge in [0.05, 0.1) is 0 Å². The summed E-state index contributed by atoms with van der Waals surface area (Å²) in [5.74, 6) is 0.854. The Kier molecular flexibility index (Phi) is 5.04. The Labute approximate surface area is 91.7 Å². The number of aryl methyl sites for hydroxylation is 1. The Morgan fingerprint density at radius 1 is 1.13 bits per heavy atom. The van der Waals surface area contributed by atoms with E-state index in [9.17, 15) is 0 Å². The lowest BCUT2D eigenvalue weighted by molar-refractivity contribution is 0.579. The van der Waals surface area contributed by atoms with Crippen LogP contribution in [0.5, 0.6) is 0 Å². The maximum atomic E-state index is 4.29. The smallest absolute Gasteiger partial charge is 0.225 e. The third kappa shape index (κ3) is 3.47. The molecule has 2 rings (SSSR count). The summed E-state index contributed by atoms with van der Waals surface area (Å²) in [4.78, 5) is 10.8. The minimum Gasteiger partial charge on any atom is -0.338 e. The van der Waals surface area contributed by atoms with Crippen molar-refractivity contribution in [2.24, 2.45) is 0 Å². The van der Waals surface area contributed by atoms with E-state index in [2.05, 4.69) is 20.2 Å². The largest absolute Gasteiger partial charge is 0.338 e. The minimum absolute atomic E-state index is 0.854. The number of aromatic nitrogens is 2. The van der Waals surface area contributed by atoms with Crippen molar-refractivity contribution in [1.82, 2.24) is 15.3 Å². The molecule has 0 radical (unpaired) electrons. The molecule has 84 valence electrons. The topological polar surface area (TPSA) is 41.1 Å². The molecule has 0 aliphatic carbocycles. The Morgan fingerprint density at radius 2 is 1.67 bits per heavy atom. The van der Waals surface area contributed by atoms with Gasteiger partial charge in [-0.15, -0.1) is 0 Å². The van der Waals surface area contributed by atoms with Gasteiger partial charge in [0.2, 0.25) is 5.95 Å². The highest BCUT2D eigenvalue weighted by molar-refractivity contribution is 5.30. The summed E-state index contributed by atoms with van der Waals surface area (Å²) in [5.41, 5.74) is 1.11. The first-order valence-electron chi connectivity index (χ1n) is 5.60. The van der Waals surface area contributed by atoms with E-state index in [4.69, 9.17) is 0 Å². The SMILES string of the molecule is CC.Cc1cnc(N2CCNCC2)nc1. The van der Waals surface area contributed by atoms with E-state index in [-0.39, 0.29) is 0 Å². The summed E-state index contributed by atoms with van der Waals surface area (Å²) in [7, 11) is 0. The van der Waals surface area contributed by atoms with E-state index in [0.29, 0.717) is 0 Å². The zero-order valence-electron chi connectivity index (χ0n) is 9.82. The van der Waals surface area contributed by atoms with Crippen molar-refractivity contribution in [2.75, 3.05) is 31.1 Å². The van der Waals surface area contributed by atoms with Crippen LogP contribution >= 0.6 is 0 Å². The third-order valence-corrected chi connectivity index (χ3v) is 2.17. The molecule has 0 saturated carbocycles. The van der Waals surface area contributed by atoms with Gasteiger partial charge in [0, 0.05) is 38.6 Å². The van der Waals surface area contributed by atoms with Gasteiger partial charge in [-0.25, -0.2) is 9.97 Å². The molecular weight excluding hydrogens is 188 g/mol. The molecule has 4 nitrogen and oxygen atoms in total. The first-order valence-corrected chi connectivity index (χ1v) is 5.60. The van der Waals surface area contributed by atoms with E-state index < -0.39 is 0 Å². The molecule has 15 heavy (non-hydrogen) atoms.